The second-order valence-corrected chi connectivity index (χ2v) is 4.13. The number of epoxide rings is 3. The lowest BCUT2D eigenvalue weighted by Gasteiger charge is -2.20. The fraction of sp³-hybridized carbons (Fsp3) is 1.00. The second-order valence-electron chi connectivity index (χ2n) is 4.13. The molecule has 14 heavy (non-hydrogen) atoms. The fourth-order valence-corrected chi connectivity index (χ4v) is 1.46. The van der Waals surface area contributed by atoms with Gasteiger partial charge in [0.15, 0.2) is 0 Å². The van der Waals surface area contributed by atoms with Crippen molar-refractivity contribution >= 4 is 0 Å². The summed E-state index contributed by atoms with van der Waals surface area (Å²) in [5, 5.41) is 2.21. The maximum absolute atomic E-state index is 5.21. The van der Waals surface area contributed by atoms with E-state index in [1.165, 1.54) is 0 Å². The van der Waals surface area contributed by atoms with Gasteiger partial charge in [-0.3, -0.25) is 5.43 Å². The summed E-state index contributed by atoms with van der Waals surface area (Å²) in [4.78, 5) is 0. The van der Waals surface area contributed by atoms with Gasteiger partial charge in [0, 0.05) is 19.6 Å². The summed E-state index contributed by atoms with van der Waals surface area (Å²) in [6.07, 6.45) is 1.29. The summed E-state index contributed by atoms with van der Waals surface area (Å²) in [6, 6.07) is 0. The normalized spacial score (nSPS) is 38.8. The van der Waals surface area contributed by atoms with Gasteiger partial charge >= 0.3 is 0 Å². The van der Waals surface area contributed by atoms with Crippen LogP contribution in [0.15, 0.2) is 0 Å². The van der Waals surface area contributed by atoms with Crippen LogP contribution in [-0.2, 0) is 14.2 Å². The topological polar surface area (TPSA) is 52.9 Å². The lowest BCUT2D eigenvalue weighted by Crippen LogP contribution is -2.44. The third-order valence-electron chi connectivity index (χ3n) is 2.60. The van der Waals surface area contributed by atoms with Crippen LogP contribution in [0.5, 0.6) is 0 Å². The minimum atomic E-state index is 0.428. The first-order valence-electron chi connectivity index (χ1n) is 5.23. The first-order valence-corrected chi connectivity index (χ1v) is 5.23. The van der Waals surface area contributed by atoms with Crippen LogP contribution in [0, 0.1) is 0 Å². The Morgan fingerprint density at radius 3 is 1.86 bits per heavy atom. The van der Waals surface area contributed by atoms with Crippen LogP contribution in [-0.4, -0.2) is 62.8 Å². The van der Waals surface area contributed by atoms with E-state index < -0.39 is 0 Å². The third-order valence-corrected chi connectivity index (χ3v) is 2.60. The molecule has 3 aliphatic rings. The van der Waals surface area contributed by atoms with Crippen molar-refractivity contribution in [2.45, 2.75) is 18.3 Å². The molecular weight excluding hydrogens is 184 g/mol. The predicted octanol–water partition coefficient (Wildman–Crippen LogP) is -1.01. The Morgan fingerprint density at radius 1 is 0.929 bits per heavy atom. The Morgan fingerprint density at radius 2 is 1.43 bits per heavy atom. The van der Waals surface area contributed by atoms with Crippen molar-refractivity contribution in [3.8, 4) is 0 Å². The van der Waals surface area contributed by atoms with E-state index in [0.29, 0.717) is 18.3 Å². The highest BCUT2D eigenvalue weighted by molar-refractivity contribution is 4.80. The van der Waals surface area contributed by atoms with Crippen molar-refractivity contribution in [3.05, 3.63) is 0 Å². The number of nitrogens with one attached hydrogen (secondary N) is 1. The highest BCUT2D eigenvalue weighted by Crippen LogP contribution is 2.15. The fourth-order valence-electron chi connectivity index (χ4n) is 1.46. The van der Waals surface area contributed by atoms with Crippen molar-refractivity contribution in [2.24, 2.45) is 0 Å². The van der Waals surface area contributed by atoms with E-state index in [4.69, 9.17) is 14.2 Å². The lowest BCUT2D eigenvalue weighted by molar-refractivity contribution is 0.149. The number of hydrogen-bond acceptors (Lipinski definition) is 5. The van der Waals surface area contributed by atoms with Crippen LogP contribution >= 0.6 is 0 Å². The van der Waals surface area contributed by atoms with Gasteiger partial charge in [0.05, 0.1) is 38.1 Å². The molecule has 0 radical (unpaired) electrons. The maximum Gasteiger partial charge on any atom is 0.0950 e. The molecule has 3 rings (SSSR count). The van der Waals surface area contributed by atoms with Crippen LogP contribution in [0.3, 0.4) is 0 Å². The number of ether oxygens (including phenoxy) is 3. The Hall–Kier alpha value is -0.200. The van der Waals surface area contributed by atoms with E-state index in [9.17, 15) is 0 Å². The number of hydrogen-bond donors (Lipinski definition) is 1. The lowest BCUT2D eigenvalue weighted by atomic mass is 10.4. The number of rotatable bonds is 7. The number of nitrogens with zero attached hydrogens (tertiary/aromatic N) is 1. The van der Waals surface area contributed by atoms with Gasteiger partial charge < -0.3 is 14.2 Å². The molecule has 3 heterocycles. The molecule has 1 N–H and O–H groups in total. The monoisotopic (exact) mass is 200 g/mol. The SMILES string of the molecule is C(NN(CC1CO1)CC1CO1)C1CO1. The molecule has 3 fully saturated rings. The average Bonchev–Trinajstić information content (AvgIpc) is 2.92. The van der Waals surface area contributed by atoms with E-state index in [1.54, 1.807) is 0 Å². The molecule has 0 saturated carbocycles. The molecule has 0 bridgehead atoms. The van der Waals surface area contributed by atoms with Crippen molar-refractivity contribution in [3.63, 3.8) is 0 Å². The van der Waals surface area contributed by atoms with E-state index >= 15 is 0 Å². The van der Waals surface area contributed by atoms with Crippen molar-refractivity contribution < 1.29 is 14.2 Å². The molecule has 3 atom stereocenters. The van der Waals surface area contributed by atoms with Gasteiger partial charge in [-0.15, -0.1) is 0 Å². The molecule has 5 nitrogen and oxygen atoms in total. The maximum atomic E-state index is 5.21. The molecule has 5 heteroatoms. The van der Waals surface area contributed by atoms with Gasteiger partial charge in [-0.1, -0.05) is 0 Å². The molecule has 0 aliphatic carbocycles. The zero-order valence-corrected chi connectivity index (χ0v) is 8.15. The van der Waals surface area contributed by atoms with Gasteiger partial charge in [-0.2, -0.15) is 0 Å². The van der Waals surface area contributed by atoms with Crippen LogP contribution in [0.1, 0.15) is 0 Å². The van der Waals surface area contributed by atoms with Gasteiger partial charge in [0.1, 0.15) is 0 Å². The van der Waals surface area contributed by atoms with E-state index in [2.05, 4.69) is 10.4 Å². The van der Waals surface area contributed by atoms with Crippen molar-refractivity contribution in [1.29, 1.82) is 0 Å². The minimum Gasteiger partial charge on any atom is -0.372 e. The molecule has 3 aliphatic heterocycles. The molecule has 3 unspecified atom stereocenters. The quantitative estimate of drug-likeness (QED) is 0.421. The standard InChI is InChI=1S/C9H16N2O3/c1(7-4-12-7)10-11(2-8-5-13-8)3-9-6-14-9/h7-10H,1-6H2. The van der Waals surface area contributed by atoms with E-state index in [-0.39, 0.29) is 0 Å². The van der Waals surface area contributed by atoms with Crippen molar-refractivity contribution in [1.82, 2.24) is 10.4 Å². The summed E-state index contributed by atoms with van der Waals surface area (Å²) in [6.45, 7) is 5.56. The van der Waals surface area contributed by atoms with Gasteiger partial charge in [0.25, 0.3) is 0 Å². The summed E-state index contributed by atoms with van der Waals surface area (Å²) in [5.41, 5.74) is 3.37. The molecule has 0 amide bonds. The van der Waals surface area contributed by atoms with Crippen LogP contribution in [0.2, 0.25) is 0 Å². The molecule has 80 valence electrons. The Bertz CT molecular complexity index is 188. The summed E-state index contributed by atoms with van der Waals surface area (Å²) < 4.78 is 15.6. The molecule has 0 aromatic heterocycles. The molecule has 0 aromatic carbocycles. The molecule has 3 saturated heterocycles. The molecular formula is C9H16N2O3. The van der Waals surface area contributed by atoms with Crippen LogP contribution in [0.4, 0.5) is 0 Å². The van der Waals surface area contributed by atoms with E-state index in [0.717, 1.165) is 39.5 Å². The van der Waals surface area contributed by atoms with Crippen molar-refractivity contribution in [2.75, 3.05) is 39.5 Å². The van der Waals surface area contributed by atoms with Crippen LogP contribution in [0.25, 0.3) is 0 Å². The average molecular weight is 200 g/mol. The summed E-state index contributed by atoms with van der Waals surface area (Å²) in [7, 11) is 0. The van der Waals surface area contributed by atoms with Gasteiger partial charge in [0.2, 0.25) is 0 Å². The van der Waals surface area contributed by atoms with Crippen LogP contribution < -0.4 is 5.43 Å². The minimum absolute atomic E-state index is 0.428. The predicted molar refractivity (Wildman–Crippen MR) is 48.8 cm³/mol. The highest BCUT2D eigenvalue weighted by atomic mass is 16.6. The Balaban J connectivity index is 1.39. The Kier molecular flexibility index (Phi) is 2.43. The summed E-state index contributed by atoms with van der Waals surface area (Å²) in [5.74, 6) is 0. The zero-order valence-electron chi connectivity index (χ0n) is 8.15. The largest absolute Gasteiger partial charge is 0.372 e. The second kappa shape index (κ2) is 3.75. The van der Waals surface area contributed by atoms with Gasteiger partial charge in [-0.25, -0.2) is 5.01 Å². The zero-order chi connectivity index (χ0) is 9.38. The highest BCUT2D eigenvalue weighted by Gasteiger charge is 2.31. The van der Waals surface area contributed by atoms with E-state index in [1.807, 2.05) is 0 Å². The number of hydrazine groups is 1. The molecule has 0 aromatic rings. The summed E-state index contributed by atoms with van der Waals surface area (Å²) >= 11 is 0. The smallest absolute Gasteiger partial charge is 0.0950 e. The Labute approximate surface area is 83.3 Å². The first-order chi connectivity index (χ1) is 6.90. The molecule has 0 spiro atoms. The third kappa shape index (κ3) is 2.90. The van der Waals surface area contributed by atoms with Gasteiger partial charge in [-0.05, 0) is 0 Å². The first kappa shape index (κ1) is 9.06.